The van der Waals surface area contributed by atoms with E-state index < -0.39 is 17.1 Å². The third kappa shape index (κ3) is 1.84. The van der Waals surface area contributed by atoms with Crippen LogP contribution in [-0.4, -0.2) is 45.3 Å². The molecule has 0 aromatic heterocycles. The van der Waals surface area contributed by atoms with Crippen molar-refractivity contribution < 1.29 is 20.4 Å². The zero-order valence-electron chi connectivity index (χ0n) is 15.2. The summed E-state index contributed by atoms with van der Waals surface area (Å²) in [5.74, 6) is 1.18. The van der Waals surface area contributed by atoms with Gasteiger partial charge in [0.1, 0.15) is 0 Å². The summed E-state index contributed by atoms with van der Waals surface area (Å²) in [5, 5.41) is 41.3. The molecule has 0 radical (unpaired) electrons. The molecule has 4 heteroatoms. The molecule has 24 heavy (non-hydrogen) atoms. The molecule has 0 aromatic rings. The van der Waals surface area contributed by atoms with E-state index in [9.17, 15) is 20.4 Å². The Morgan fingerprint density at radius 1 is 0.917 bits per heavy atom. The molecule has 4 nitrogen and oxygen atoms in total. The molecule has 4 rings (SSSR count). The van der Waals surface area contributed by atoms with Crippen LogP contribution in [0.5, 0.6) is 0 Å². The third-order valence-electron chi connectivity index (χ3n) is 9.54. The highest BCUT2D eigenvalue weighted by molar-refractivity contribution is 5.19. The lowest BCUT2D eigenvalue weighted by atomic mass is 9.39. The number of hydrogen-bond acceptors (Lipinski definition) is 4. The summed E-state index contributed by atoms with van der Waals surface area (Å²) >= 11 is 0. The molecule has 0 aliphatic heterocycles. The van der Waals surface area contributed by atoms with E-state index in [-0.39, 0.29) is 30.0 Å². The Kier molecular flexibility index (Phi) is 3.73. The Morgan fingerprint density at radius 2 is 1.67 bits per heavy atom. The number of fused-ring (bicyclic) bond motifs is 2. The largest absolute Gasteiger partial charge is 0.396 e. The molecule has 2 bridgehead atoms. The maximum atomic E-state index is 10.9. The van der Waals surface area contributed by atoms with Gasteiger partial charge in [-0.25, -0.2) is 0 Å². The first-order chi connectivity index (χ1) is 11.3. The Morgan fingerprint density at radius 3 is 2.33 bits per heavy atom. The van der Waals surface area contributed by atoms with Gasteiger partial charge in [-0.05, 0) is 80.0 Å². The summed E-state index contributed by atoms with van der Waals surface area (Å²) in [6.45, 7) is 4.43. The van der Waals surface area contributed by atoms with Gasteiger partial charge in [0.25, 0.3) is 0 Å². The van der Waals surface area contributed by atoms with E-state index in [1.807, 2.05) is 0 Å². The topological polar surface area (TPSA) is 80.9 Å². The van der Waals surface area contributed by atoms with Crippen molar-refractivity contribution in [2.24, 2.45) is 34.0 Å². The lowest BCUT2D eigenvalue weighted by molar-refractivity contribution is -0.216. The normalized spacial score (nSPS) is 59.8. The number of rotatable bonds is 2. The summed E-state index contributed by atoms with van der Waals surface area (Å²) in [6.07, 6.45) is 7.33. The van der Waals surface area contributed by atoms with E-state index >= 15 is 0 Å². The zero-order chi connectivity index (χ0) is 17.4. The van der Waals surface area contributed by atoms with Crippen LogP contribution in [0.15, 0.2) is 0 Å². The summed E-state index contributed by atoms with van der Waals surface area (Å²) < 4.78 is 0. The highest BCUT2D eigenvalue weighted by Crippen LogP contribution is 2.75. The first-order valence-electron chi connectivity index (χ1n) is 9.88. The average molecular weight is 338 g/mol. The molecule has 4 aliphatic carbocycles. The predicted octanol–water partition coefficient (Wildman–Crippen LogP) is 2.09. The summed E-state index contributed by atoms with van der Waals surface area (Å²) in [4.78, 5) is 0. The molecule has 0 amide bonds. The maximum Gasteiger partial charge on any atom is 0.0905 e. The van der Waals surface area contributed by atoms with Gasteiger partial charge in [0.15, 0.2) is 0 Å². The van der Waals surface area contributed by atoms with Crippen molar-refractivity contribution in [3.05, 3.63) is 0 Å². The SMILES string of the molecule is C[C@@]1(CO)[C@@H](O)CC[C@@]2(C)[C@H]1CC[C@H]1C[C@H]3C[C@@]12CC[C@]3(O)CO. The van der Waals surface area contributed by atoms with Crippen molar-refractivity contribution in [3.63, 3.8) is 0 Å². The van der Waals surface area contributed by atoms with Crippen LogP contribution in [-0.2, 0) is 0 Å². The fourth-order valence-corrected chi connectivity index (χ4v) is 7.93. The smallest absolute Gasteiger partial charge is 0.0905 e. The van der Waals surface area contributed by atoms with Gasteiger partial charge in [-0.15, -0.1) is 0 Å². The quantitative estimate of drug-likeness (QED) is 0.621. The lowest BCUT2D eigenvalue weighted by Crippen LogP contribution is -2.63. The van der Waals surface area contributed by atoms with Crippen molar-refractivity contribution in [1.82, 2.24) is 0 Å². The van der Waals surface area contributed by atoms with E-state index in [0.29, 0.717) is 18.3 Å². The van der Waals surface area contributed by atoms with E-state index in [2.05, 4.69) is 13.8 Å². The Bertz CT molecular complexity index is 524. The van der Waals surface area contributed by atoms with E-state index in [4.69, 9.17) is 0 Å². The fourth-order valence-electron chi connectivity index (χ4n) is 7.93. The molecule has 4 aliphatic rings. The van der Waals surface area contributed by atoms with Crippen molar-refractivity contribution in [2.75, 3.05) is 13.2 Å². The molecule has 4 saturated carbocycles. The molecule has 4 N–H and O–H groups in total. The number of hydrogen-bond donors (Lipinski definition) is 4. The lowest BCUT2D eigenvalue weighted by Gasteiger charge is -2.66. The summed E-state index contributed by atoms with van der Waals surface area (Å²) in [7, 11) is 0. The highest BCUT2D eigenvalue weighted by atomic mass is 16.3. The Labute approximate surface area is 145 Å². The Balaban J connectivity index is 1.74. The molecule has 0 saturated heterocycles. The molecule has 138 valence electrons. The highest BCUT2D eigenvalue weighted by Gasteiger charge is 2.70. The van der Waals surface area contributed by atoms with Crippen LogP contribution >= 0.6 is 0 Å². The van der Waals surface area contributed by atoms with Crippen molar-refractivity contribution in [3.8, 4) is 0 Å². The summed E-state index contributed by atoms with van der Waals surface area (Å²) in [6, 6.07) is 0. The van der Waals surface area contributed by atoms with Gasteiger partial charge in [0.05, 0.1) is 24.9 Å². The van der Waals surface area contributed by atoms with Gasteiger partial charge < -0.3 is 20.4 Å². The monoisotopic (exact) mass is 338 g/mol. The number of aliphatic hydroxyl groups is 4. The van der Waals surface area contributed by atoms with Crippen molar-refractivity contribution in [2.45, 2.75) is 76.9 Å². The first kappa shape index (κ1) is 17.3. The molecule has 0 aromatic carbocycles. The van der Waals surface area contributed by atoms with Gasteiger partial charge in [-0.2, -0.15) is 0 Å². The van der Waals surface area contributed by atoms with Crippen LogP contribution in [0.3, 0.4) is 0 Å². The standard InChI is InChI=1S/C20H34O4/c1-17(11-21)15-4-3-13-9-14-10-19(13,7-8-20(14,24)12-22)18(15,2)6-5-16(17)23/h13-16,21-24H,3-12H2,1-2H3/t13-,14-,15-,16-,17-,18-,19-,20-/m0/s1. The van der Waals surface area contributed by atoms with Crippen molar-refractivity contribution >= 4 is 0 Å². The molecule has 4 fully saturated rings. The molecule has 0 unspecified atom stereocenters. The van der Waals surface area contributed by atoms with Crippen LogP contribution in [0.4, 0.5) is 0 Å². The maximum absolute atomic E-state index is 10.9. The predicted molar refractivity (Wildman–Crippen MR) is 91.2 cm³/mol. The molecule has 1 spiro atoms. The first-order valence-corrected chi connectivity index (χ1v) is 9.88. The fraction of sp³-hybridized carbons (Fsp3) is 1.00. The second kappa shape index (κ2) is 5.18. The average Bonchev–Trinajstić information content (AvgIpc) is 2.93. The van der Waals surface area contributed by atoms with Crippen LogP contribution < -0.4 is 0 Å². The zero-order valence-corrected chi connectivity index (χ0v) is 15.2. The second-order valence-corrected chi connectivity index (χ2v) is 10.0. The van der Waals surface area contributed by atoms with Crippen LogP contribution in [0, 0.1) is 34.0 Å². The van der Waals surface area contributed by atoms with Gasteiger partial charge in [-0.1, -0.05) is 13.8 Å². The minimum Gasteiger partial charge on any atom is -0.396 e. The summed E-state index contributed by atoms with van der Waals surface area (Å²) in [5.41, 5.74) is -0.949. The minimum absolute atomic E-state index is 0.0547. The van der Waals surface area contributed by atoms with E-state index in [1.54, 1.807) is 0 Å². The molecular weight excluding hydrogens is 304 g/mol. The van der Waals surface area contributed by atoms with Gasteiger partial charge in [-0.3, -0.25) is 0 Å². The van der Waals surface area contributed by atoms with Gasteiger partial charge in [0.2, 0.25) is 0 Å². The van der Waals surface area contributed by atoms with Crippen LogP contribution in [0.1, 0.15) is 65.2 Å². The van der Waals surface area contributed by atoms with Gasteiger partial charge >= 0.3 is 0 Å². The van der Waals surface area contributed by atoms with E-state index in [0.717, 1.165) is 44.9 Å². The third-order valence-corrected chi connectivity index (χ3v) is 9.54. The molecular formula is C20H34O4. The van der Waals surface area contributed by atoms with Crippen LogP contribution in [0.2, 0.25) is 0 Å². The van der Waals surface area contributed by atoms with E-state index in [1.165, 1.54) is 0 Å². The number of aliphatic hydroxyl groups excluding tert-OH is 3. The molecule has 8 atom stereocenters. The second-order valence-electron chi connectivity index (χ2n) is 10.0. The molecule has 0 heterocycles. The van der Waals surface area contributed by atoms with Crippen molar-refractivity contribution in [1.29, 1.82) is 0 Å². The van der Waals surface area contributed by atoms with Gasteiger partial charge in [0, 0.05) is 5.41 Å². The minimum atomic E-state index is -0.886. The Hall–Kier alpha value is -0.160. The van der Waals surface area contributed by atoms with Crippen LogP contribution in [0.25, 0.3) is 0 Å².